The van der Waals surface area contributed by atoms with Crippen molar-refractivity contribution in [3.8, 4) is 0 Å². The molecule has 4 nitrogen and oxygen atoms in total. The molecule has 1 aliphatic rings. The van der Waals surface area contributed by atoms with Crippen LogP contribution >= 0.6 is 0 Å². The molecule has 3 N–H and O–H groups in total. The van der Waals surface area contributed by atoms with Crippen LogP contribution in [0.3, 0.4) is 0 Å². The maximum Gasteiger partial charge on any atom is 0.0973 e. The molecule has 0 aromatic heterocycles. The van der Waals surface area contributed by atoms with Gasteiger partial charge in [-0.1, -0.05) is 0 Å². The summed E-state index contributed by atoms with van der Waals surface area (Å²) in [6, 6.07) is 0. The van der Waals surface area contributed by atoms with Crippen LogP contribution in [0.25, 0.3) is 0 Å². The maximum atomic E-state index is 9.58. The minimum atomic E-state index is -0.884. The standard InChI is InChI=1S/C10H21NO3/c1-10(12,7-11)8-14-6-9-2-4-13-5-3-9/h9,12H,2-8,11H2,1H3. The number of ether oxygens (including phenoxy) is 2. The van der Waals surface area contributed by atoms with Crippen molar-refractivity contribution in [2.24, 2.45) is 11.7 Å². The quantitative estimate of drug-likeness (QED) is 0.667. The van der Waals surface area contributed by atoms with Crippen LogP contribution in [0, 0.1) is 5.92 Å². The second kappa shape index (κ2) is 5.66. The summed E-state index contributed by atoms with van der Waals surface area (Å²) in [7, 11) is 0. The maximum absolute atomic E-state index is 9.58. The fourth-order valence-electron chi connectivity index (χ4n) is 1.42. The van der Waals surface area contributed by atoms with Gasteiger partial charge in [0.25, 0.3) is 0 Å². The minimum Gasteiger partial charge on any atom is -0.386 e. The molecular formula is C10H21NO3. The van der Waals surface area contributed by atoms with E-state index in [1.54, 1.807) is 6.92 Å². The fraction of sp³-hybridized carbons (Fsp3) is 1.00. The molecule has 4 heteroatoms. The third-order valence-electron chi connectivity index (χ3n) is 2.55. The van der Waals surface area contributed by atoms with Gasteiger partial charge in [0.1, 0.15) is 0 Å². The van der Waals surface area contributed by atoms with E-state index in [1.807, 2.05) is 0 Å². The Balaban J connectivity index is 2.08. The number of nitrogens with two attached hydrogens (primary N) is 1. The molecule has 1 rings (SSSR count). The van der Waals surface area contributed by atoms with E-state index in [2.05, 4.69) is 0 Å². The van der Waals surface area contributed by atoms with Crippen LogP contribution in [0.4, 0.5) is 0 Å². The topological polar surface area (TPSA) is 64.7 Å². The van der Waals surface area contributed by atoms with Gasteiger partial charge < -0.3 is 20.3 Å². The summed E-state index contributed by atoms with van der Waals surface area (Å²) in [6.45, 7) is 4.63. The second-order valence-electron chi connectivity index (χ2n) is 4.27. The van der Waals surface area contributed by atoms with Crippen molar-refractivity contribution in [1.82, 2.24) is 0 Å². The Bertz CT molecular complexity index is 155. The average Bonchev–Trinajstić information content (AvgIpc) is 2.19. The van der Waals surface area contributed by atoms with E-state index in [4.69, 9.17) is 15.2 Å². The average molecular weight is 203 g/mol. The van der Waals surface area contributed by atoms with E-state index in [0.29, 0.717) is 19.1 Å². The lowest BCUT2D eigenvalue weighted by molar-refractivity contribution is -0.0484. The lowest BCUT2D eigenvalue weighted by Crippen LogP contribution is -2.39. The summed E-state index contributed by atoms with van der Waals surface area (Å²) in [4.78, 5) is 0. The Morgan fingerprint density at radius 2 is 2.14 bits per heavy atom. The Morgan fingerprint density at radius 1 is 1.50 bits per heavy atom. The fourth-order valence-corrected chi connectivity index (χ4v) is 1.42. The van der Waals surface area contributed by atoms with Crippen molar-refractivity contribution < 1.29 is 14.6 Å². The van der Waals surface area contributed by atoms with Gasteiger partial charge in [-0.2, -0.15) is 0 Å². The molecule has 1 atom stereocenters. The first kappa shape index (κ1) is 11.9. The van der Waals surface area contributed by atoms with Crippen molar-refractivity contribution in [2.45, 2.75) is 25.4 Å². The summed E-state index contributed by atoms with van der Waals surface area (Å²) in [5.41, 5.74) is 4.49. The number of hydrogen-bond acceptors (Lipinski definition) is 4. The van der Waals surface area contributed by atoms with Crippen molar-refractivity contribution in [3.63, 3.8) is 0 Å². The zero-order valence-corrected chi connectivity index (χ0v) is 8.87. The predicted molar refractivity (Wildman–Crippen MR) is 54.0 cm³/mol. The Hall–Kier alpha value is -0.160. The molecule has 0 aromatic carbocycles. The van der Waals surface area contributed by atoms with Crippen molar-refractivity contribution in [1.29, 1.82) is 0 Å². The molecule has 0 bridgehead atoms. The Labute approximate surface area is 85.4 Å². The second-order valence-corrected chi connectivity index (χ2v) is 4.27. The molecule has 0 saturated carbocycles. The van der Waals surface area contributed by atoms with Gasteiger partial charge in [-0.05, 0) is 25.7 Å². The molecule has 0 spiro atoms. The molecule has 0 aromatic rings. The first-order valence-electron chi connectivity index (χ1n) is 5.22. The zero-order chi connectivity index (χ0) is 10.4. The minimum absolute atomic E-state index is 0.237. The molecule has 1 saturated heterocycles. The molecule has 0 aliphatic carbocycles. The normalized spacial score (nSPS) is 23.4. The van der Waals surface area contributed by atoms with E-state index in [0.717, 1.165) is 26.1 Å². The molecule has 0 radical (unpaired) electrons. The predicted octanol–water partition coefficient (Wildman–Crippen LogP) is 0.139. The lowest BCUT2D eigenvalue weighted by Gasteiger charge is -2.25. The van der Waals surface area contributed by atoms with Crippen LogP contribution in [0.2, 0.25) is 0 Å². The first-order valence-corrected chi connectivity index (χ1v) is 5.22. The Morgan fingerprint density at radius 3 is 2.71 bits per heavy atom. The van der Waals surface area contributed by atoms with Gasteiger partial charge in [-0.15, -0.1) is 0 Å². The van der Waals surface area contributed by atoms with Gasteiger partial charge in [-0.25, -0.2) is 0 Å². The number of rotatable bonds is 5. The molecule has 14 heavy (non-hydrogen) atoms. The third-order valence-corrected chi connectivity index (χ3v) is 2.55. The Kier molecular flexibility index (Phi) is 4.81. The molecule has 1 aliphatic heterocycles. The van der Waals surface area contributed by atoms with E-state index in [1.165, 1.54) is 0 Å². The van der Waals surface area contributed by atoms with E-state index in [-0.39, 0.29) is 6.54 Å². The highest BCUT2D eigenvalue weighted by atomic mass is 16.5. The van der Waals surface area contributed by atoms with Crippen LogP contribution in [-0.4, -0.2) is 43.7 Å². The van der Waals surface area contributed by atoms with Crippen LogP contribution < -0.4 is 5.73 Å². The van der Waals surface area contributed by atoms with E-state index in [9.17, 15) is 5.11 Å². The van der Waals surface area contributed by atoms with Gasteiger partial charge in [0.15, 0.2) is 0 Å². The number of hydrogen-bond donors (Lipinski definition) is 2. The zero-order valence-electron chi connectivity index (χ0n) is 8.87. The van der Waals surface area contributed by atoms with E-state index >= 15 is 0 Å². The summed E-state index contributed by atoms with van der Waals surface area (Å²) in [5.74, 6) is 0.581. The van der Waals surface area contributed by atoms with Crippen LogP contribution in [0.15, 0.2) is 0 Å². The SMILES string of the molecule is CC(O)(CN)COCC1CCOCC1. The van der Waals surface area contributed by atoms with Gasteiger partial charge in [0.2, 0.25) is 0 Å². The van der Waals surface area contributed by atoms with Crippen molar-refractivity contribution >= 4 is 0 Å². The smallest absolute Gasteiger partial charge is 0.0973 e. The summed E-state index contributed by atoms with van der Waals surface area (Å²) in [5, 5.41) is 9.58. The van der Waals surface area contributed by atoms with E-state index < -0.39 is 5.60 Å². The van der Waals surface area contributed by atoms with Gasteiger partial charge >= 0.3 is 0 Å². The molecule has 0 amide bonds. The van der Waals surface area contributed by atoms with Gasteiger partial charge in [-0.3, -0.25) is 0 Å². The highest BCUT2D eigenvalue weighted by Gasteiger charge is 2.20. The van der Waals surface area contributed by atoms with Crippen LogP contribution in [0.5, 0.6) is 0 Å². The van der Waals surface area contributed by atoms with Crippen LogP contribution in [0.1, 0.15) is 19.8 Å². The highest BCUT2D eigenvalue weighted by Crippen LogP contribution is 2.15. The lowest BCUT2D eigenvalue weighted by atomic mass is 10.0. The summed E-state index contributed by atoms with van der Waals surface area (Å²) in [6.07, 6.45) is 2.12. The first-order chi connectivity index (χ1) is 6.64. The third kappa shape index (κ3) is 4.37. The van der Waals surface area contributed by atoms with Crippen molar-refractivity contribution in [2.75, 3.05) is 33.0 Å². The summed E-state index contributed by atoms with van der Waals surface area (Å²) < 4.78 is 10.7. The van der Waals surface area contributed by atoms with Crippen molar-refractivity contribution in [3.05, 3.63) is 0 Å². The van der Waals surface area contributed by atoms with Gasteiger partial charge in [0, 0.05) is 26.4 Å². The molecule has 1 heterocycles. The molecule has 1 unspecified atom stereocenters. The highest BCUT2D eigenvalue weighted by molar-refractivity contribution is 4.72. The molecular weight excluding hydrogens is 182 g/mol. The molecule has 84 valence electrons. The largest absolute Gasteiger partial charge is 0.386 e. The summed E-state index contributed by atoms with van der Waals surface area (Å²) >= 11 is 0. The molecule has 1 fully saturated rings. The van der Waals surface area contributed by atoms with Gasteiger partial charge in [0.05, 0.1) is 12.2 Å². The van der Waals surface area contributed by atoms with Crippen LogP contribution in [-0.2, 0) is 9.47 Å². The number of aliphatic hydroxyl groups is 1. The monoisotopic (exact) mass is 203 g/mol.